The minimum Gasteiger partial charge on any atom is -0.310 e. The summed E-state index contributed by atoms with van der Waals surface area (Å²) >= 11 is 0. The highest BCUT2D eigenvalue weighted by atomic mass is 32.2. The van der Waals surface area contributed by atoms with Crippen LogP contribution in [0.2, 0.25) is 0 Å². The highest BCUT2D eigenvalue weighted by molar-refractivity contribution is 7.91. The molecule has 2 heterocycles. The molecule has 0 spiro atoms. The van der Waals surface area contributed by atoms with Crippen LogP contribution in [-0.4, -0.2) is 56.0 Å². The van der Waals surface area contributed by atoms with Crippen molar-refractivity contribution in [1.29, 1.82) is 0 Å². The van der Waals surface area contributed by atoms with Gasteiger partial charge in [0.05, 0.1) is 11.5 Å². The van der Waals surface area contributed by atoms with Crippen molar-refractivity contribution in [3.8, 4) is 0 Å². The zero-order chi connectivity index (χ0) is 9.76. The summed E-state index contributed by atoms with van der Waals surface area (Å²) in [5.74, 6) is 0.724. The molecule has 2 atom stereocenters. The molecule has 1 N–H and O–H groups in total. The lowest BCUT2D eigenvalue weighted by Gasteiger charge is -2.37. The third-order valence-corrected chi connectivity index (χ3v) is 5.26. The summed E-state index contributed by atoms with van der Waals surface area (Å²) in [7, 11) is -2.77. The van der Waals surface area contributed by atoms with Crippen molar-refractivity contribution in [2.24, 2.45) is 0 Å². The SMILES string of the molecule is O=S1(=O)CC2NCCN(C3CC3)C2C1. The molecule has 1 saturated carbocycles. The molecule has 3 rings (SSSR count). The van der Waals surface area contributed by atoms with Gasteiger partial charge in [0.15, 0.2) is 9.84 Å². The van der Waals surface area contributed by atoms with Crippen LogP contribution in [-0.2, 0) is 9.84 Å². The van der Waals surface area contributed by atoms with Crippen LogP contribution in [0.4, 0.5) is 0 Å². The number of hydrogen-bond donors (Lipinski definition) is 1. The fraction of sp³-hybridized carbons (Fsp3) is 1.00. The fourth-order valence-corrected chi connectivity index (χ4v) is 4.72. The first-order valence-corrected chi connectivity index (χ1v) is 7.17. The van der Waals surface area contributed by atoms with Crippen molar-refractivity contribution in [3.05, 3.63) is 0 Å². The predicted molar refractivity (Wildman–Crippen MR) is 54.0 cm³/mol. The maximum Gasteiger partial charge on any atom is 0.153 e. The first-order chi connectivity index (χ1) is 6.66. The van der Waals surface area contributed by atoms with E-state index >= 15 is 0 Å². The first-order valence-electron chi connectivity index (χ1n) is 5.35. The number of nitrogens with zero attached hydrogens (tertiary/aromatic N) is 1. The van der Waals surface area contributed by atoms with Gasteiger partial charge >= 0.3 is 0 Å². The Hall–Kier alpha value is -0.130. The number of hydrogen-bond acceptors (Lipinski definition) is 4. The predicted octanol–water partition coefficient (Wildman–Crippen LogP) is -0.780. The molecule has 2 saturated heterocycles. The van der Waals surface area contributed by atoms with E-state index in [4.69, 9.17) is 0 Å². The van der Waals surface area contributed by atoms with Crippen LogP contribution in [0.5, 0.6) is 0 Å². The van der Waals surface area contributed by atoms with E-state index in [1.165, 1.54) is 12.8 Å². The van der Waals surface area contributed by atoms with Gasteiger partial charge in [-0.1, -0.05) is 0 Å². The van der Waals surface area contributed by atoms with E-state index < -0.39 is 9.84 Å². The normalized spacial score (nSPS) is 42.3. The van der Waals surface area contributed by atoms with Crippen molar-refractivity contribution < 1.29 is 8.42 Å². The summed E-state index contributed by atoms with van der Waals surface area (Å²) in [5.41, 5.74) is 0. The van der Waals surface area contributed by atoms with Gasteiger partial charge in [0.1, 0.15) is 0 Å². The first kappa shape index (κ1) is 9.12. The molecule has 0 amide bonds. The van der Waals surface area contributed by atoms with Crippen LogP contribution in [0.1, 0.15) is 12.8 Å². The average Bonchev–Trinajstić information content (AvgIpc) is 2.86. The van der Waals surface area contributed by atoms with Crippen LogP contribution < -0.4 is 5.32 Å². The molecule has 0 aromatic heterocycles. The molecule has 2 unspecified atom stereocenters. The van der Waals surface area contributed by atoms with Gasteiger partial charge in [-0.3, -0.25) is 4.90 Å². The summed E-state index contributed by atoms with van der Waals surface area (Å²) in [6.07, 6.45) is 2.53. The molecular formula is C9H16N2O2S. The van der Waals surface area contributed by atoms with E-state index in [-0.39, 0.29) is 12.1 Å². The molecule has 14 heavy (non-hydrogen) atoms. The van der Waals surface area contributed by atoms with E-state index in [9.17, 15) is 8.42 Å². The molecule has 3 aliphatic rings. The van der Waals surface area contributed by atoms with Gasteiger partial charge in [-0.25, -0.2) is 8.42 Å². The maximum absolute atomic E-state index is 11.5. The highest BCUT2D eigenvalue weighted by Crippen LogP contribution is 2.33. The lowest BCUT2D eigenvalue weighted by Crippen LogP contribution is -2.57. The lowest BCUT2D eigenvalue weighted by molar-refractivity contribution is 0.140. The van der Waals surface area contributed by atoms with Gasteiger partial charge in [-0.15, -0.1) is 0 Å². The number of nitrogens with one attached hydrogen (secondary N) is 1. The summed E-state index contributed by atoms with van der Waals surface area (Å²) in [4.78, 5) is 2.42. The second kappa shape index (κ2) is 2.93. The Bertz CT molecular complexity index is 337. The van der Waals surface area contributed by atoms with Gasteiger partial charge in [0.25, 0.3) is 0 Å². The summed E-state index contributed by atoms with van der Waals surface area (Å²) in [6, 6.07) is 1.16. The van der Waals surface area contributed by atoms with E-state index in [0.717, 1.165) is 13.1 Å². The quantitative estimate of drug-likeness (QED) is 0.625. The summed E-state index contributed by atoms with van der Waals surface area (Å²) in [5, 5.41) is 3.33. The summed E-state index contributed by atoms with van der Waals surface area (Å²) < 4.78 is 23.0. The van der Waals surface area contributed by atoms with Crippen LogP contribution in [0, 0.1) is 0 Å². The Labute approximate surface area is 84.6 Å². The van der Waals surface area contributed by atoms with E-state index in [1.54, 1.807) is 0 Å². The average molecular weight is 216 g/mol. The Balaban J connectivity index is 1.83. The highest BCUT2D eigenvalue weighted by Gasteiger charge is 2.46. The molecule has 0 bridgehead atoms. The summed E-state index contributed by atoms with van der Waals surface area (Å²) in [6.45, 7) is 1.98. The largest absolute Gasteiger partial charge is 0.310 e. The molecule has 0 aromatic rings. The Kier molecular flexibility index (Phi) is 1.91. The number of rotatable bonds is 1. The van der Waals surface area contributed by atoms with Crippen molar-refractivity contribution >= 4 is 9.84 Å². The van der Waals surface area contributed by atoms with Crippen molar-refractivity contribution in [2.75, 3.05) is 24.6 Å². The van der Waals surface area contributed by atoms with Crippen molar-refractivity contribution in [3.63, 3.8) is 0 Å². The van der Waals surface area contributed by atoms with Crippen LogP contribution in [0.25, 0.3) is 0 Å². The molecular weight excluding hydrogens is 200 g/mol. The molecule has 0 radical (unpaired) electrons. The molecule has 2 aliphatic heterocycles. The van der Waals surface area contributed by atoms with Gasteiger partial charge < -0.3 is 5.32 Å². The Morgan fingerprint density at radius 3 is 2.71 bits per heavy atom. The van der Waals surface area contributed by atoms with Crippen LogP contribution in [0.15, 0.2) is 0 Å². The molecule has 5 heteroatoms. The smallest absolute Gasteiger partial charge is 0.153 e. The van der Waals surface area contributed by atoms with E-state index in [2.05, 4.69) is 10.2 Å². The number of sulfone groups is 1. The minimum absolute atomic E-state index is 0.203. The maximum atomic E-state index is 11.5. The number of piperazine rings is 1. The van der Waals surface area contributed by atoms with Crippen molar-refractivity contribution in [2.45, 2.75) is 31.0 Å². The Morgan fingerprint density at radius 1 is 1.21 bits per heavy atom. The van der Waals surface area contributed by atoms with Crippen molar-refractivity contribution in [1.82, 2.24) is 10.2 Å². The third kappa shape index (κ3) is 1.47. The minimum atomic E-state index is -2.77. The molecule has 1 aliphatic carbocycles. The molecule has 3 fully saturated rings. The second-order valence-corrected chi connectivity index (χ2v) is 6.83. The monoisotopic (exact) mass is 216 g/mol. The van der Waals surface area contributed by atoms with E-state index in [0.29, 0.717) is 17.5 Å². The lowest BCUT2D eigenvalue weighted by atomic mass is 10.1. The molecule has 4 nitrogen and oxygen atoms in total. The zero-order valence-electron chi connectivity index (χ0n) is 8.15. The van der Waals surface area contributed by atoms with Gasteiger partial charge in [0, 0.05) is 31.2 Å². The molecule has 0 aromatic carbocycles. The Morgan fingerprint density at radius 2 is 2.00 bits per heavy atom. The van der Waals surface area contributed by atoms with Crippen LogP contribution >= 0.6 is 0 Å². The number of fused-ring (bicyclic) bond motifs is 1. The zero-order valence-corrected chi connectivity index (χ0v) is 8.96. The van der Waals surface area contributed by atoms with Crippen LogP contribution in [0.3, 0.4) is 0 Å². The van der Waals surface area contributed by atoms with Gasteiger partial charge in [-0.2, -0.15) is 0 Å². The molecule has 80 valence electrons. The fourth-order valence-electron chi connectivity index (χ4n) is 2.76. The standard InChI is InChI=1S/C9H16N2O2S/c12-14(13)5-8-9(6-14)11(4-3-10-8)7-1-2-7/h7-10H,1-6H2. The van der Waals surface area contributed by atoms with Gasteiger partial charge in [-0.05, 0) is 12.8 Å². The second-order valence-electron chi connectivity index (χ2n) is 4.67. The topological polar surface area (TPSA) is 49.4 Å². The van der Waals surface area contributed by atoms with E-state index in [1.807, 2.05) is 0 Å². The van der Waals surface area contributed by atoms with Gasteiger partial charge in [0.2, 0.25) is 0 Å². The third-order valence-electron chi connectivity index (χ3n) is 3.54.